The molecule has 1 atom stereocenters. The van der Waals surface area contributed by atoms with Crippen LogP contribution in [0.5, 0.6) is 0 Å². The summed E-state index contributed by atoms with van der Waals surface area (Å²) in [6.45, 7) is 6.08. The predicted octanol–water partition coefficient (Wildman–Crippen LogP) is 3.46. The van der Waals surface area contributed by atoms with E-state index in [1.54, 1.807) is 6.08 Å². The minimum Gasteiger partial charge on any atom is -0.207 e. The lowest BCUT2D eigenvalue weighted by Gasteiger charge is -2.19. The van der Waals surface area contributed by atoms with Gasteiger partial charge >= 0.3 is 0 Å². The molecule has 0 radical (unpaired) electrons. The second-order valence-electron chi connectivity index (χ2n) is 3.55. The average Bonchev–Trinajstić information content (AvgIpc) is 1.94. The normalized spacial score (nSPS) is 25.0. The average molecular weight is 154 g/mol. The molecule has 1 rings (SSSR count). The number of allylic oxidation sites excluding steroid dienone is 4. The van der Waals surface area contributed by atoms with Crippen molar-refractivity contribution in [2.75, 3.05) is 0 Å². The van der Waals surface area contributed by atoms with E-state index in [1.165, 1.54) is 0 Å². The summed E-state index contributed by atoms with van der Waals surface area (Å²) in [5, 5.41) is 0. The van der Waals surface area contributed by atoms with E-state index in [4.69, 9.17) is 0 Å². The Morgan fingerprint density at radius 1 is 1.55 bits per heavy atom. The predicted molar refractivity (Wildman–Crippen MR) is 45.9 cm³/mol. The van der Waals surface area contributed by atoms with Crippen LogP contribution in [0.2, 0.25) is 0 Å². The molecule has 1 aliphatic rings. The Bertz CT molecular complexity index is 199. The molecule has 0 aromatic carbocycles. The summed E-state index contributed by atoms with van der Waals surface area (Å²) in [7, 11) is 0. The van der Waals surface area contributed by atoms with Crippen molar-refractivity contribution >= 4 is 0 Å². The summed E-state index contributed by atoms with van der Waals surface area (Å²) in [5.74, 6) is 0.916. The zero-order valence-electron chi connectivity index (χ0n) is 7.39. The van der Waals surface area contributed by atoms with E-state index in [0.717, 1.165) is 12.0 Å². The number of hydrogen-bond acceptors (Lipinski definition) is 0. The van der Waals surface area contributed by atoms with Crippen LogP contribution in [-0.4, -0.2) is 0 Å². The van der Waals surface area contributed by atoms with Crippen LogP contribution in [0, 0.1) is 11.8 Å². The van der Waals surface area contributed by atoms with Crippen LogP contribution in [0.15, 0.2) is 23.6 Å². The van der Waals surface area contributed by atoms with Gasteiger partial charge in [0.2, 0.25) is 0 Å². The second-order valence-corrected chi connectivity index (χ2v) is 3.55. The first-order chi connectivity index (χ1) is 5.11. The van der Waals surface area contributed by atoms with Crippen LogP contribution in [0.3, 0.4) is 0 Å². The van der Waals surface area contributed by atoms with E-state index in [2.05, 4.69) is 13.8 Å². The molecular weight excluding hydrogens is 139 g/mol. The van der Waals surface area contributed by atoms with E-state index < -0.39 is 0 Å². The Morgan fingerprint density at radius 2 is 2.18 bits per heavy atom. The van der Waals surface area contributed by atoms with Crippen molar-refractivity contribution in [2.24, 2.45) is 11.8 Å². The first-order valence-corrected chi connectivity index (χ1v) is 4.15. The maximum absolute atomic E-state index is 13.0. The third-order valence-corrected chi connectivity index (χ3v) is 2.29. The van der Waals surface area contributed by atoms with E-state index in [0.29, 0.717) is 11.8 Å². The Labute approximate surface area is 67.8 Å². The summed E-state index contributed by atoms with van der Waals surface area (Å²) in [6, 6.07) is 0. The molecule has 0 bridgehead atoms. The maximum atomic E-state index is 13.0. The van der Waals surface area contributed by atoms with Crippen LogP contribution >= 0.6 is 0 Å². The lowest BCUT2D eigenvalue weighted by atomic mass is 9.87. The Kier molecular flexibility index (Phi) is 2.48. The lowest BCUT2D eigenvalue weighted by Crippen LogP contribution is -2.08. The molecule has 0 fully saturated rings. The van der Waals surface area contributed by atoms with Crippen LogP contribution in [0.1, 0.15) is 27.2 Å². The van der Waals surface area contributed by atoms with E-state index in [-0.39, 0.29) is 5.83 Å². The van der Waals surface area contributed by atoms with Crippen molar-refractivity contribution in [1.82, 2.24) is 0 Å². The fraction of sp³-hybridized carbons (Fsp3) is 0.600. The third kappa shape index (κ3) is 1.92. The van der Waals surface area contributed by atoms with Crippen molar-refractivity contribution in [1.29, 1.82) is 0 Å². The fourth-order valence-electron chi connectivity index (χ4n) is 1.26. The largest absolute Gasteiger partial charge is 0.207 e. The number of rotatable bonds is 1. The topological polar surface area (TPSA) is 0 Å². The standard InChI is InChI=1S/C10H15F/c1-7(2)9-5-4-8(3)10(11)6-9/h4,6-7,9H,5H2,1-3H3. The van der Waals surface area contributed by atoms with Crippen LogP contribution < -0.4 is 0 Å². The molecule has 62 valence electrons. The lowest BCUT2D eigenvalue weighted by molar-refractivity contribution is 0.449. The van der Waals surface area contributed by atoms with Gasteiger partial charge in [0.05, 0.1) is 0 Å². The minimum absolute atomic E-state index is 0.0325. The molecule has 0 amide bonds. The molecule has 0 nitrogen and oxygen atoms in total. The highest BCUT2D eigenvalue weighted by atomic mass is 19.1. The zero-order chi connectivity index (χ0) is 8.43. The van der Waals surface area contributed by atoms with Gasteiger partial charge < -0.3 is 0 Å². The molecule has 1 unspecified atom stereocenters. The van der Waals surface area contributed by atoms with Gasteiger partial charge in [-0.15, -0.1) is 0 Å². The molecule has 0 N–H and O–H groups in total. The molecule has 1 aliphatic carbocycles. The van der Waals surface area contributed by atoms with Gasteiger partial charge in [0.15, 0.2) is 0 Å². The van der Waals surface area contributed by atoms with Crippen LogP contribution in [-0.2, 0) is 0 Å². The molecule has 0 spiro atoms. The van der Waals surface area contributed by atoms with Gasteiger partial charge in [-0.05, 0) is 36.8 Å². The molecule has 11 heavy (non-hydrogen) atoms. The first kappa shape index (κ1) is 8.51. The van der Waals surface area contributed by atoms with Crippen LogP contribution in [0.4, 0.5) is 4.39 Å². The quantitative estimate of drug-likeness (QED) is 0.542. The number of halogens is 1. The van der Waals surface area contributed by atoms with Crippen LogP contribution in [0.25, 0.3) is 0 Å². The first-order valence-electron chi connectivity index (χ1n) is 4.15. The smallest absolute Gasteiger partial charge is 0.122 e. The van der Waals surface area contributed by atoms with Crippen molar-refractivity contribution in [3.8, 4) is 0 Å². The summed E-state index contributed by atoms with van der Waals surface area (Å²) >= 11 is 0. The molecule has 0 aromatic rings. The Balaban J connectivity index is 2.69. The van der Waals surface area contributed by atoms with E-state index >= 15 is 0 Å². The zero-order valence-corrected chi connectivity index (χ0v) is 7.39. The van der Waals surface area contributed by atoms with Gasteiger partial charge in [0, 0.05) is 0 Å². The molecule has 0 saturated carbocycles. The van der Waals surface area contributed by atoms with Gasteiger partial charge in [-0.1, -0.05) is 19.9 Å². The van der Waals surface area contributed by atoms with Crippen molar-refractivity contribution in [3.05, 3.63) is 23.6 Å². The Hall–Kier alpha value is -0.590. The summed E-state index contributed by atoms with van der Waals surface area (Å²) in [5.41, 5.74) is 0.793. The monoisotopic (exact) mass is 154 g/mol. The van der Waals surface area contributed by atoms with Crippen molar-refractivity contribution < 1.29 is 4.39 Å². The fourth-order valence-corrected chi connectivity index (χ4v) is 1.26. The maximum Gasteiger partial charge on any atom is 0.122 e. The molecule has 0 aromatic heterocycles. The summed E-state index contributed by atoms with van der Waals surface area (Å²) < 4.78 is 13.0. The molecular formula is C10H15F. The highest BCUT2D eigenvalue weighted by Crippen LogP contribution is 2.27. The number of hydrogen-bond donors (Lipinski definition) is 0. The minimum atomic E-state index is -0.0325. The summed E-state index contributed by atoms with van der Waals surface area (Å²) in [6.07, 6.45) is 4.73. The SMILES string of the molecule is CC1=CCC(C(C)C)C=C1F. The Morgan fingerprint density at radius 3 is 2.64 bits per heavy atom. The van der Waals surface area contributed by atoms with Gasteiger partial charge in [-0.2, -0.15) is 0 Å². The molecule has 0 aliphatic heterocycles. The second kappa shape index (κ2) is 3.21. The molecule has 0 saturated heterocycles. The van der Waals surface area contributed by atoms with Gasteiger partial charge in [0.25, 0.3) is 0 Å². The van der Waals surface area contributed by atoms with E-state index in [9.17, 15) is 4.39 Å². The van der Waals surface area contributed by atoms with Gasteiger partial charge in [0.1, 0.15) is 5.83 Å². The third-order valence-electron chi connectivity index (χ3n) is 2.29. The molecule has 0 heterocycles. The van der Waals surface area contributed by atoms with E-state index in [1.807, 2.05) is 13.0 Å². The van der Waals surface area contributed by atoms with Gasteiger partial charge in [-0.3, -0.25) is 0 Å². The highest BCUT2D eigenvalue weighted by molar-refractivity contribution is 5.27. The molecule has 1 heteroatoms. The summed E-state index contributed by atoms with van der Waals surface area (Å²) in [4.78, 5) is 0. The highest BCUT2D eigenvalue weighted by Gasteiger charge is 2.15. The van der Waals surface area contributed by atoms with Crippen molar-refractivity contribution in [3.63, 3.8) is 0 Å². The van der Waals surface area contributed by atoms with Gasteiger partial charge in [-0.25, -0.2) is 4.39 Å². The van der Waals surface area contributed by atoms with Crippen molar-refractivity contribution in [2.45, 2.75) is 27.2 Å².